The van der Waals surface area contributed by atoms with E-state index < -0.39 is 5.97 Å². The van der Waals surface area contributed by atoms with Gasteiger partial charge in [-0.2, -0.15) is 0 Å². The predicted octanol–water partition coefficient (Wildman–Crippen LogP) is 0.576. The number of pyridine rings is 1. The zero-order chi connectivity index (χ0) is 12.0. The minimum atomic E-state index is -1.05. The number of aliphatic hydroxyl groups is 1. The van der Waals surface area contributed by atoms with Crippen LogP contribution in [0.3, 0.4) is 0 Å². The van der Waals surface area contributed by atoms with Gasteiger partial charge in [0.2, 0.25) is 0 Å². The Balaban J connectivity index is 2.87. The molecule has 0 aliphatic rings. The summed E-state index contributed by atoms with van der Waals surface area (Å²) in [6.07, 6.45) is 8.22. The van der Waals surface area contributed by atoms with Gasteiger partial charge in [0.05, 0.1) is 30.1 Å². The number of carboxylic acid groups (broad SMARTS) is 1. The fourth-order valence-corrected chi connectivity index (χ4v) is 1.22. The molecule has 0 bridgehead atoms. The number of carbonyl (C=O) groups is 1. The maximum absolute atomic E-state index is 10.9. The first-order chi connectivity index (χ1) is 7.69. The van der Waals surface area contributed by atoms with Crippen LogP contribution in [0.1, 0.15) is 16.8 Å². The Hall–Kier alpha value is -2.06. The van der Waals surface area contributed by atoms with Gasteiger partial charge in [0.25, 0.3) is 0 Å². The average molecular weight is 220 g/mol. The molecule has 0 radical (unpaired) electrons. The molecule has 0 aromatic carbocycles. The number of rotatable bonds is 5. The highest BCUT2D eigenvalue weighted by atomic mass is 16.4. The standard InChI is InChI=1S/C11H12N2O3/c1-2-3-8(7-14)13-10-6-12-5-4-9(10)11(15)16/h1,4-6,8,13-14H,3,7H2,(H,15,16). The van der Waals surface area contributed by atoms with Crippen LogP contribution >= 0.6 is 0 Å². The van der Waals surface area contributed by atoms with Crippen molar-refractivity contribution in [3.63, 3.8) is 0 Å². The summed E-state index contributed by atoms with van der Waals surface area (Å²) in [5, 5.41) is 20.8. The van der Waals surface area contributed by atoms with E-state index in [1.54, 1.807) is 0 Å². The molecule has 1 unspecified atom stereocenters. The van der Waals surface area contributed by atoms with E-state index >= 15 is 0 Å². The number of nitrogens with zero attached hydrogens (tertiary/aromatic N) is 1. The number of aliphatic hydroxyl groups excluding tert-OH is 1. The van der Waals surface area contributed by atoms with Crippen LogP contribution in [0.2, 0.25) is 0 Å². The highest BCUT2D eigenvalue weighted by Crippen LogP contribution is 2.15. The number of hydrogen-bond acceptors (Lipinski definition) is 4. The van der Waals surface area contributed by atoms with Crippen molar-refractivity contribution in [2.24, 2.45) is 0 Å². The second kappa shape index (κ2) is 5.73. The molecule has 0 spiro atoms. The first-order valence-electron chi connectivity index (χ1n) is 4.67. The quantitative estimate of drug-likeness (QED) is 0.632. The molecular weight excluding hydrogens is 208 g/mol. The zero-order valence-corrected chi connectivity index (χ0v) is 8.55. The van der Waals surface area contributed by atoms with Gasteiger partial charge in [-0.1, -0.05) is 0 Å². The van der Waals surface area contributed by atoms with E-state index in [0.717, 1.165) is 0 Å². The van der Waals surface area contributed by atoms with E-state index in [1.165, 1.54) is 18.5 Å². The van der Waals surface area contributed by atoms with Crippen molar-refractivity contribution in [3.05, 3.63) is 24.0 Å². The molecule has 16 heavy (non-hydrogen) atoms. The molecule has 3 N–H and O–H groups in total. The van der Waals surface area contributed by atoms with Gasteiger partial charge in [0, 0.05) is 12.6 Å². The molecule has 1 aromatic heterocycles. The molecule has 5 heteroatoms. The number of anilines is 1. The topological polar surface area (TPSA) is 82.5 Å². The summed E-state index contributed by atoms with van der Waals surface area (Å²) in [5.41, 5.74) is 0.453. The van der Waals surface area contributed by atoms with Gasteiger partial charge >= 0.3 is 5.97 Å². The summed E-state index contributed by atoms with van der Waals surface area (Å²) in [6, 6.07) is 1.02. The van der Waals surface area contributed by atoms with Gasteiger partial charge < -0.3 is 15.5 Å². The van der Waals surface area contributed by atoms with Crippen molar-refractivity contribution in [2.75, 3.05) is 11.9 Å². The van der Waals surface area contributed by atoms with E-state index in [1.807, 2.05) is 0 Å². The van der Waals surface area contributed by atoms with Crippen LogP contribution in [0.15, 0.2) is 18.5 Å². The lowest BCUT2D eigenvalue weighted by Crippen LogP contribution is -2.24. The molecule has 1 atom stereocenters. The molecule has 0 aliphatic carbocycles. The van der Waals surface area contributed by atoms with E-state index in [9.17, 15) is 4.79 Å². The lowest BCUT2D eigenvalue weighted by atomic mass is 10.2. The fraction of sp³-hybridized carbons (Fsp3) is 0.273. The van der Waals surface area contributed by atoms with Crippen molar-refractivity contribution < 1.29 is 15.0 Å². The molecule has 0 aliphatic heterocycles. The second-order valence-corrected chi connectivity index (χ2v) is 3.16. The maximum Gasteiger partial charge on any atom is 0.337 e. The van der Waals surface area contributed by atoms with Crippen LogP contribution in [0.5, 0.6) is 0 Å². The Kier molecular flexibility index (Phi) is 4.30. The van der Waals surface area contributed by atoms with Crippen LogP contribution < -0.4 is 5.32 Å². The van der Waals surface area contributed by atoms with Crippen LogP contribution in [0.4, 0.5) is 5.69 Å². The molecule has 1 heterocycles. The van der Waals surface area contributed by atoms with Gasteiger partial charge in [-0.25, -0.2) is 4.79 Å². The molecule has 1 aromatic rings. The van der Waals surface area contributed by atoms with Crippen molar-refractivity contribution >= 4 is 11.7 Å². The van der Waals surface area contributed by atoms with Crippen molar-refractivity contribution in [3.8, 4) is 12.3 Å². The third-order valence-electron chi connectivity index (χ3n) is 2.00. The van der Waals surface area contributed by atoms with Gasteiger partial charge in [0.15, 0.2) is 0 Å². The van der Waals surface area contributed by atoms with Gasteiger partial charge in [-0.15, -0.1) is 12.3 Å². The summed E-state index contributed by atoms with van der Waals surface area (Å²) in [6.45, 7) is -0.168. The van der Waals surface area contributed by atoms with Crippen LogP contribution in [0, 0.1) is 12.3 Å². The summed E-state index contributed by atoms with van der Waals surface area (Å²) in [5.74, 6) is 1.34. The van der Waals surface area contributed by atoms with Gasteiger partial charge in [-0.05, 0) is 6.07 Å². The highest BCUT2D eigenvalue weighted by Gasteiger charge is 2.12. The lowest BCUT2D eigenvalue weighted by Gasteiger charge is -2.16. The Morgan fingerprint density at radius 1 is 1.69 bits per heavy atom. The maximum atomic E-state index is 10.9. The average Bonchev–Trinajstić information content (AvgIpc) is 2.29. The van der Waals surface area contributed by atoms with Crippen LogP contribution in [-0.2, 0) is 0 Å². The minimum absolute atomic E-state index is 0.102. The summed E-state index contributed by atoms with van der Waals surface area (Å²) in [4.78, 5) is 14.7. The third kappa shape index (κ3) is 2.97. The molecule has 0 fully saturated rings. The number of aromatic carboxylic acids is 1. The molecule has 0 saturated heterocycles. The number of carboxylic acids is 1. The smallest absolute Gasteiger partial charge is 0.337 e. The van der Waals surface area contributed by atoms with Crippen molar-refractivity contribution in [1.29, 1.82) is 0 Å². The largest absolute Gasteiger partial charge is 0.478 e. The third-order valence-corrected chi connectivity index (χ3v) is 2.00. The lowest BCUT2D eigenvalue weighted by molar-refractivity contribution is 0.0697. The molecule has 1 rings (SSSR count). The Morgan fingerprint density at radius 3 is 3.00 bits per heavy atom. The van der Waals surface area contributed by atoms with Crippen LogP contribution in [-0.4, -0.2) is 33.8 Å². The molecular formula is C11H12N2O3. The van der Waals surface area contributed by atoms with Crippen molar-refractivity contribution in [2.45, 2.75) is 12.5 Å². The van der Waals surface area contributed by atoms with E-state index in [4.69, 9.17) is 16.6 Å². The SMILES string of the molecule is C#CCC(CO)Nc1cnccc1C(=O)O. The van der Waals surface area contributed by atoms with Crippen LogP contribution in [0.25, 0.3) is 0 Å². The number of aromatic nitrogens is 1. The summed E-state index contributed by atoms with van der Waals surface area (Å²) < 4.78 is 0. The second-order valence-electron chi connectivity index (χ2n) is 3.16. The Morgan fingerprint density at radius 2 is 2.44 bits per heavy atom. The number of nitrogens with one attached hydrogen (secondary N) is 1. The monoisotopic (exact) mass is 220 g/mol. The summed E-state index contributed by atoms with van der Waals surface area (Å²) in [7, 11) is 0. The van der Waals surface area contributed by atoms with E-state index in [2.05, 4.69) is 16.2 Å². The Bertz CT molecular complexity index is 412. The molecule has 5 nitrogen and oxygen atoms in total. The Labute approximate surface area is 93.1 Å². The fourth-order valence-electron chi connectivity index (χ4n) is 1.22. The summed E-state index contributed by atoms with van der Waals surface area (Å²) >= 11 is 0. The highest BCUT2D eigenvalue weighted by molar-refractivity contribution is 5.93. The van der Waals surface area contributed by atoms with E-state index in [-0.39, 0.29) is 18.2 Å². The zero-order valence-electron chi connectivity index (χ0n) is 8.55. The predicted molar refractivity (Wildman–Crippen MR) is 59.1 cm³/mol. The molecule has 0 saturated carbocycles. The molecule has 0 amide bonds. The van der Waals surface area contributed by atoms with E-state index in [0.29, 0.717) is 12.1 Å². The first kappa shape index (κ1) is 12.0. The van der Waals surface area contributed by atoms with Gasteiger partial charge in [0.1, 0.15) is 0 Å². The number of terminal acetylenes is 1. The van der Waals surface area contributed by atoms with Crippen molar-refractivity contribution in [1.82, 2.24) is 4.98 Å². The normalized spacial score (nSPS) is 11.5. The molecule has 84 valence electrons. The number of hydrogen-bond donors (Lipinski definition) is 3. The van der Waals surface area contributed by atoms with Gasteiger partial charge in [-0.3, -0.25) is 4.98 Å². The minimum Gasteiger partial charge on any atom is -0.478 e. The first-order valence-corrected chi connectivity index (χ1v) is 4.67.